The Bertz CT molecular complexity index is 1050. The molecule has 0 aliphatic carbocycles. The molecule has 0 fully saturated rings. The van der Waals surface area contributed by atoms with Crippen LogP contribution in [-0.4, -0.2) is 33.0 Å². The molecule has 2 aliphatic heterocycles. The molecule has 2 aromatic heterocycles. The average molecular weight is 360 g/mol. The first-order chi connectivity index (χ1) is 13.3. The van der Waals surface area contributed by atoms with E-state index in [0.29, 0.717) is 12.4 Å². The van der Waals surface area contributed by atoms with Gasteiger partial charge in [0.2, 0.25) is 0 Å². The van der Waals surface area contributed by atoms with Crippen LogP contribution in [0.5, 0.6) is 5.75 Å². The summed E-state index contributed by atoms with van der Waals surface area (Å²) in [4.78, 5) is 26.6. The monoisotopic (exact) mass is 360 g/mol. The highest BCUT2D eigenvalue weighted by atomic mass is 16.5. The van der Waals surface area contributed by atoms with Gasteiger partial charge in [0, 0.05) is 49.6 Å². The van der Waals surface area contributed by atoms with Gasteiger partial charge in [0.15, 0.2) is 0 Å². The Morgan fingerprint density at radius 3 is 2.93 bits per heavy atom. The zero-order valence-electron chi connectivity index (χ0n) is 14.9. The molecule has 0 saturated carbocycles. The molecule has 0 bridgehead atoms. The minimum atomic E-state index is -0.0267. The number of benzene rings is 1. The highest BCUT2D eigenvalue weighted by molar-refractivity contribution is 5.54. The fourth-order valence-electron chi connectivity index (χ4n) is 3.87. The standard InChI is InChI=1S/C21H20N4O2/c26-21-17-5-9-25(12-14-1-2-19-16(11-14)6-10-27-19)13-18(17)23-20(24-21)15-3-7-22-8-4-15/h1-4,7-8,11H,5-6,9-10,12-13H2,(H,23,24,26). The molecule has 136 valence electrons. The van der Waals surface area contributed by atoms with E-state index in [2.05, 4.69) is 33.1 Å². The number of aromatic nitrogens is 3. The average Bonchev–Trinajstić information content (AvgIpc) is 3.16. The maximum absolute atomic E-state index is 12.5. The van der Waals surface area contributed by atoms with Gasteiger partial charge in [-0.3, -0.25) is 14.7 Å². The molecule has 27 heavy (non-hydrogen) atoms. The van der Waals surface area contributed by atoms with E-state index < -0.39 is 0 Å². The van der Waals surface area contributed by atoms with Crippen LogP contribution >= 0.6 is 0 Å². The van der Waals surface area contributed by atoms with E-state index in [1.807, 2.05) is 12.1 Å². The summed E-state index contributed by atoms with van der Waals surface area (Å²) in [5, 5.41) is 0. The number of hydrogen-bond donors (Lipinski definition) is 1. The molecule has 0 atom stereocenters. The molecule has 0 spiro atoms. The number of fused-ring (bicyclic) bond motifs is 2. The Labute approximate surface area is 156 Å². The summed E-state index contributed by atoms with van der Waals surface area (Å²) < 4.78 is 5.59. The minimum absolute atomic E-state index is 0.0267. The lowest BCUT2D eigenvalue weighted by Crippen LogP contribution is -2.35. The highest BCUT2D eigenvalue weighted by Crippen LogP contribution is 2.27. The number of rotatable bonds is 3. The van der Waals surface area contributed by atoms with E-state index in [1.165, 1.54) is 11.1 Å². The van der Waals surface area contributed by atoms with E-state index in [4.69, 9.17) is 9.72 Å². The number of hydrogen-bond acceptors (Lipinski definition) is 5. The number of pyridine rings is 1. The Kier molecular flexibility index (Phi) is 3.98. The smallest absolute Gasteiger partial charge is 0.254 e. The van der Waals surface area contributed by atoms with Gasteiger partial charge in [-0.1, -0.05) is 12.1 Å². The van der Waals surface area contributed by atoms with Crippen molar-refractivity contribution in [1.29, 1.82) is 0 Å². The maximum Gasteiger partial charge on any atom is 0.254 e. The van der Waals surface area contributed by atoms with Gasteiger partial charge in [-0.15, -0.1) is 0 Å². The summed E-state index contributed by atoms with van der Waals surface area (Å²) in [7, 11) is 0. The van der Waals surface area contributed by atoms with Crippen LogP contribution < -0.4 is 10.3 Å². The SMILES string of the molecule is O=c1[nH]c(-c2ccncc2)nc2c1CCN(Cc1ccc3c(c1)CCO3)C2. The number of aromatic amines is 1. The lowest BCUT2D eigenvalue weighted by atomic mass is 10.0. The van der Waals surface area contributed by atoms with Crippen molar-refractivity contribution in [3.8, 4) is 17.1 Å². The van der Waals surface area contributed by atoms with Gasteiger partial charge in [-0.05, 0) is 35.7 Å². The zero-order valence-corrected chi connectivity index (χ0v) is 14.9. The normalized spacial score (nSPS) is 15.9. The predicted octanol–water partition coefficient (Wildman–Crippen LogP) is 2.33. The summed E-state index contributed by atoms with van der Waals surface area (Å²) in [6, 6.07) is 10.2. The molecule has 3 aromatic rings. The van der Waals surface area contributed by atoms with Crippen molar-refractivity contribution in [1.82, 2.24) is 19.9 Å². The van der Waals surface area contributed by atoms with Crippen LogP contribution in [0.3, 0.4) is 0 Å². The molecule has 0 radical (unpaired) electrons. The number of H-pyrrole nitrogens is 1. The van der Waals surface area contributed by atoms with Gasteiger partial charge in [0.1, 0.15) is 11.6 Å². The van der Waals surface area contributed by atoms with Gasteiger partial charge >= 0.3 is 0 Å². The van der Waals surface area contributed by atoms with Crippen LogP contribution in [0.15, 0.2) is 47.5 Å². The van der Waals surface area contributed by atoms with E-state index >= 15 is 0 Å². The summed E-state index contributed by atoms with van der Waals surface area (Å²) in [6.07, 6.45) is 5.12. The Morgan fingerprint density at radius 1 is 1.15 bits per heavy atom. The Hall–Kier alpha value is -2.99. The van der Waals surface area contributed by atoms with Crippen molar-refractivity contribution in [2.75, 3.05) is 13.2 Å². The van der Waals surface area contributed by atoms with Gasteiger partial charge < -0.3 is 9.72 Å². The Morgan fingerprint density at radius 2 is 2.04 bits per heavy atom. The van der Waals surface area contributed by atoms with Crippen LogP contribution in [0.2, 0.25) is 0 Å². The van der Waals surface area contributed by atoms with Gasteiger partial charge in [-0.2, -0.15) is 0 Å². The molecular formula is C21H20N4O2. The fraction of sp³-hybridized carbons (Fsp3) is 0.286. The molecule has 5 rings (SSSR count). The van der Waals surface area contributed by atoms with Crippen molar-refractivity contribution in [3.05, 3.63) is 75.5 Å². The topological polar surface area (TPSA) is 71.1 Å². The van der Waals surface area contributed by atoms with Crippen molar-refractivity contribution >= 4 is 0 Å². The Balaban J connectivity index is 1.40. The molecule has 0 unspecified atom stereocenters. The van der Waals surface area contributed by atoms with Crippen molar-refractivity contribution in [2.45, 2.75) is 25.9 Å². The first kappa shape index (κ1) is 16.2. The van der Waals surface area contributed by atoms with Gasteiger partial charge in [0.05, 0.1) is 12.3 Å². The molecule has 4 heterocycles. The summed E-state index contributed by atoms with van der Waals surface area (Å²) in [5.74, 6) is 1.62. The molecule has 6 nitrogen and oxygen atoms in total. The lowest BCUT2D eigenvalue weighted by molar-refractivity contribution is 0.240. The quantitative estimate of drug-likeness (QED) is 0.776. The van der Waals surface area contributed by atoms with Crippen molar-refractivity contribution < 1.29 is 4.74 Å². The molecule has 1 N–H and O–H groups in total. The third-order valence-corrected chi connectivity index (χ3v) is 5.27. The first-order valence-corrected chi connectivity index (χ1v) is 9.26. The van der Waals surface area contributed by atoms with Gasteiger partial charge in [0.25, 0.3) is 5.56 Å². The van der Waals surface area contributed by atoms with E-state index in [9.17, 15) is 4.79 Å². The molecule has 0 amide bonds. The molecule has 6 heteroatoms. The largest absolute Gasteiger partial charge is 0.493 e. The minimum Gasteiger partial charge on any atom is -0.493 e. The predicted molar refractivity (Wildman–Crippen MR) is 102 cm³/mol. The first-order valence-electron chi connectivity index (χ1n) is 9.26. The van der Waals surface area contributed by atoms with Crippen LogP contribution in [0.4, 0.5) is 0 Å². The number of ether oxygens (including phenoxy) is 1. The van der Waals surface area contributed by atoms with Crippen molar-refractivity contribution in [2.24, 2.45) is 0 Å². The van der Waals surface area contributed by atoms with Crippen LogP contribution in [-0.2, 0) is 25.9 Å². The van der Waals surface area contributed by atoms with E-state index in [1.54, 1.807) is 12.4 Å². The highest BCUT2D eigenvalue weighted by Gasteiger charge is 2.22. The number of nitrogens with zero attached hydrogens (tertiary/aromatic N) is 3. The van der Waals surface area contributed by atoms with Crippen molar-refractivity contribution in [3.63, 3.8) is 0 Å². The maximum atomic E-state index is 12.5. The molecule has 2 aliphatic rings. The molecular weight excluding hydrogens is 340 g/mol. The lowest BCUT2D eigenvalue weighted by Gasteiger charge is -2.27. The zero-order chi connectivity index (χ0) is 18.2. The molecule has 0 saturated heterocycles. The summed E-state index contributed by atoms with van der Waals surface area (Å²) >= 11 is 0. The fourth-order valence-corrected chi connectivity index (χ4v) is 3.87. The molecule has 1 aromatic carbocycles. The summed E-state index contributed by atoms with van der Waals surface area (Å²) in [5.41, 5.74) is 5.11. The van der Waals surface area contributed by atoms with E-state index in [0.717, 1.165) is 55.1 Å². The van der Waals surface area contributed by atoms with Crippen LogP contribution in [0.1, 0.15) is 22.4 Å². The van der Waals surface area contributed by atoms with Crippen LogP contribution in [0.25, 0.3) is 11.4 Å². The second kappa shape index (κ2) is 6.63. The third-order valence-electron chi connectivity index (χ3n) is 5.27. The number of nitrogens with one attached hydrogen (secondary N) is 1. The third kappa shape index (κ3) is 3.13. The second-order valence-corrected chi connectivity index (χ2v) is 7.08. The van der Waals surface area contributed by atoms with E-state index in [-0.39, 0.29) is 5.56 Å². The summed E-state index contributed by atoms with van der Waals surface area (Å²) in [6.45, 7) is 3.18. The van der Waals surface area contributed by atoms with Crippen LogP contribution in [0, 0.1) is 0 Å². The second-order valence-electron chi connectivity index (χ2n) is 7.08. The van der Waals surface area contributed by atoms with Gasteiger partial charge in [-0.25, -0.2) is 4.98 Å².